The van der Waals surface area contributed by atoms with Gasteiger partial charge in [0, 0.05) is 0 Å². The predicted molar refractivity (Wildman–Crippen MR) is 101 cm³/mol. The summed E-state index contributed by atoms with van der Waals surface area (Å²) >= 11 is 0. The number of pyridine rings is 1. The lowest BCUT2D eigenvalue weighted by Gasteiger charge is -2.40. The molecule has 7 nitrogen and oxygen atoms in total. The highest BCUT2D eigenvalue weighted by Crippen LogP contribution is 2.38. The Labute approximate surface area is 158 Å². The first-order valence-electron chi connectivity index (χ1n) is 8.83. The van der Waals surface area contributed by atoms with Gasteiger partial charge in [-0.2, -0.15) is 0 Å². The summed E-state index contributed by atoms with van der Waals surface area (Å²) < 4.78 is 11.2. The fraction of sp³-hybridized carbons (Fsp3) is 0.350. The molecule has 2 heterocycles. The molecule has 7 heteroatoms. The molecule has 2 N–H and O–H groups in total. The fourth-order valence-electron chi connectivity index (χ4n) is 2.98. The van der Waals surface area contributed by atoms with Crippen molar-refractivity contribution in [2.24, 2.45) is 0 Å². The van der Waals surface area contributed by atoms with E-state index >= 15 is 0 Å². The maximum atomic E-state index is 13.0. The highest BCUT2D eigenvalue weighted by Gasteiger charge is 2.46. The number of carbonyl (C=O) groups excluding carboxylic acids is 2. The highest BCUT2D eigenvalue weighted by atomic mass is 16.5. The van der Waals surface area contributed by atoms with Crippen LogP contribution in [-0.4, -0.2) is 28.5 Å². The molecule has 1 atom stereocenters. The number of aromatic nitrogens is 1. The van der Waals surface area contributed by atoms with Gasteiger partial charge in [-0.25, -0.2) is 9.78 Å². The summed E-state index contributed by atoms with van der Waals surface area (Å²) in [5.74, 6) is 0.0208. The Hall–Kier alpha value is -3.09. The van der Waals surface area contributed by atoms with Crippen molar-refractivity contribution in [3.05, 3.63) is 48.0 Å². The SMILES string of the molecule is CCC(C(=O)OCc1ccccc1)N1C(=O)C(C)(C)Oc2ccc(N)nc21. The van der Waals surface area contributed by atoms with Crippen LogP contribution in [0.4, 0.5) is 11.6 Å². The number of hydrogen-bond acceptors (Lipinski definition) is 6. The van der Waals surface area contributed by atoms with E-state index in [1.165, 1.54) is 4.90 Å². The first-order chi connectivity index (χ1) is 12.8. The lowest BCUT2D eigenvalue weighted by atomic mass is 10.0. The normalized spacial score (nSPS) is 16.3. The number of nitrogens with zero attached hydrogens (tertiary/aromatic N) is 2. The molecule has 3 rings (SSSR count). The summed E-state index contributed by atoms with van der Waals surface area (Å²) in [5.41, 5.74) is 5.53. The quantitative estimate of drug-likeness (QED) is 0.814. The molecule has 0 bridgehead atoms. The van der Waals surface area contributed by atoms with E-state index in [1.54, 1.807) is 26.0 Å². The molecule has 1 aliphatic rings. The minimum Gasteiger partial charge on any atom is -0.474 e. The van der Waals surface area contributed by atoms with Crippen molar-refractivity contribution in [1.82, 2.24) is 4.98 Å². The van der Waals surface area contributed by atoms with Crippen molar-refractivity contribution >= 4 is 23.5 Å². The Balaban J connectivity index is 1.90. The summed E-state index contributed by atoms with van der Waals surface area (Å²) in [7, 11) is 0. The summed E-state index contributed by atoms with van der Waals surface area (Å²) in [6, 6.07) is 11.8. The lowest BCUT2D eigenvalue weighted by molar-refractivity contribution is -0.149. The van der Waals surface area contributed by atoms with Crippen LogP contribution in [0.15, 0.2) is 42.5 Å². The van der Waals surface area contributed by atoms with Crippen LogP contribution in [0, 0.1) is 0 Å². The van der Waals surface area contributed by atoms with Gasteiger partial charge in [0.1, 0.15) is 18.5 Å². The zero-order valence-corrected chi connectivity index (χ0v) is 15.6. The van der Waals surface area contributed by atoms with E-state index in [4.69, 9.17) is 15.2 Å². The maximum absolute atomic E-state index is 13.0. The minimum absolute atomic E-state index is 0.134. The number of amides is 1. The highest BCUT2D eigenvalue weighted by molar-refractivity contribution is 6.05. The number of carbonyl (C=O) groups is 2. The van der Waals surface area contributed by atoms with Crippen LogP contribution in [0.3, 0.4) is 0 Å². The predicted octanol–water partition coefficient (Wildman–Crippen LogP) is 2.69. The Bertz CT molecular complexity index is 852. The molecule has 1 unspecified atom stereocenters. The monoisotopic (exact) mass is 369 g/mol. The molecule has 27 heavy (non-hydrogen) atoms. The van der Waals surface area contributed by atoms with Gasteiger partial charge in [-0.3, -0.25) is 9.69 Å². The van der Waals surface area contributed by atoms with Crippen molar-refractivity contribution in [2.75, 3.05) is 10.6 Å². The number of hydrogen-bond donors (Lipinski definition) is 1. The van der Waals surface area contributed by atoms with Crippen LogP contribution in [0.5, 0.6) is 5.75 Å². The van der Waals surface area contributed by atoms with Gasteiger partial charge < -0.3 is 15.2 Å². The van der Waals surface area contributed by atoms with Gasteiger partial charge >= 0.3 is 5.97 Å². The zero-order valence-electron chi connectivity index (χ0n) is 15.6. The molecule has 1 aromatic carbocycles. The van der Waals surface area contributed by atoms with Crippen molar-refractivity contribution in [3.8, 4) is 5.75 Å². The van der Waals surface area contributed by atoms with E-state index in [0.29, 0.717) is 12.2 Å². The number of esters is 1. The molecule has 142 valence electrons. The number of nitrogens with two attached hydrogens (primary N) is 1. The molecule has 0 saturated carbocycles. The molecule has 0 aliphatic carbocycles. The Morgan fingerprint density at radius 2 is 1.96 bits per heavy atom. The van der Waals surface area contributed by atoms with E-state index in [0.717, 1.165) is 5.56 Å². The Kier molecular flexibility index (Phi) is 5.03. The molecule has 0 radical (unpaired) electrons. The fourth-order valence-corrected chi connectivity index (χ4v) is 2.98. The molecule has 1 aliphatic heterocycles. The first kappa shape index (κ1) is 18.7. The number of ether oxygens (including phenoxy) is 2. The first-order valence-corrected chi connectivity index (χ1v) is 8.83. The number of benzene rings is 1. The van der Waals surface area contributed by atoms with Gasteiger partial charge in [-0.1, -0.05) is 37.3 Å². The molecular formula is C20H23N3O4. The summed E-state index contributed by atoms with van der Waals surface area (Å²) in [4.78, 5) is 31.4. The topological polar surface area (TPSA) is 94.8 Å². The lowest BCUT2D eigenvalue weighted by Crippen LogP contribution is -2.58. The Morgan fingerprint density at radius 3 is 2.63 bits per heavy atom. The molecule has 2 aromatic rings. The van der Waals surface area contributed by atoms with Crippen LogP contribution in [0.1, 0.15) is 32.8 Å². The average Bonchev–Trinajstić information content (AvgIpc) is 2.65. The van der Waals surface area contributed by atoms with Crippen LogP contribution in [0.2, 0.25) is 0 Å². The van der Waals surface area contributed by atoms with E-state index in [2.05, 4.69) is 4.98 Å². The summed E-state index contributed by atoms with van der Waals surface area (Å²) in [6.45, 7) is 5.26. The molecule has 0 spiro atoms. The minimum atomic E-state index is -1.13. The second kappa shape index (κ2) is 7.26. The summed E-state index contributed by atoms with van der Waals surface area (Å²) in [6.07, 6.45) is 0.366. The van der Waals surface area contributed by atoms with E-state index in [9.17, 15) is 9.59 Å². The van der Waals surface area contributed by atoms with E-state index in [1.807, 2.05) is 37.3 Å². The van der Waals surface area contributed by atoms with Crippen LogP contribution < -0.4 is 15.4 Å². The third-order valence-corrected chi connectivity index (χ3v) is 4.38. The van der Waals surface area contributed by atoms with Crippen molar-refractivity contribution in [2.45, 2.75) is 45.4 Å². The van der Waals surface area contributed by atoms with Crippen LogP contribution >= 0.6 is 0 Å². The van der Waals surface area contributed by atoms with E-state index < -0.39 is 17.6 Å². The van der Waals surface area contributed by atoms with E-state index in [-0.39, 0.29) is 24.1 Å². The molecule has 1 aromatic heterocycles. The van der Waals surface area contributed by atoms with Gasteiger partial charge in [0.15, 0.2) is 17.2 Å². The average molecular weight is 369 g/mol. The smallest absolute Gasteiger partial charge is 0.329 e. The largest absolute Gasteiger partial charge is 0.474 e. The van der Waals surface area contributed by atoms with Crippen LogP contribution in [0.25, 0.3) is 0 Å². The maximum Gasteiger partial charge on any atom is 0.329 e. The molecule has 1 amide bonds. The zero-order chi connectivity index (χ0) is 19.6. The Morgan fingerprint density at radius 1 is 1.26 bits per heavy atom. The second-order valence-electron chi connectivity index (χ2n) is 6.86. The van der Waals surface area contributed by atoms with Crippen molar-refractivity contribution < 1.29 is 19.1 Å². The van der Waals surface area contributed by atoms with Gasteiger partial charge in [0.05, 0.1) is 0 Å². The molecular weight excluding hydrogens is 346 g/mol. The number of anilines is 2. The third-order valence-electron chi connectivity index (χ3n) is 4.38. The number of nitrogen functional groups attached to an aromatic ring is 1. The number of rotatable bonds is 5. The number of fused-ring (bicyclic) bond motifs is 1. The summed E-state index contributed by atoms with van der Waals surface area (Å²) in [5, 5.41) is 0. The standard InChI is InChI=1S/C20H23N3O4/c1-4-14(18(24)26-12-13-8-6-5-7-9-13)23-17-15(10-11-16(21)22-17)27-20(2,3)19(23)25/h5-11,14H,4,12H2,1-3H3,(H2,21,22). The van der Waals surface area contributed by atoms with Gasteiger partial charge in [-0.05, 0) is 38.0 Å². The van der Waals surface area contributed by atoms with Crippen molar-refractivity contribution in [1.29, 1.82) is 0 Å². The second-order valence-corrected chi connectivity index (χ2v) is 6.86. The molecule has 0 saturated heterocycles. The molecule has 0 fully saturated rings. The van der Waals surface area contributed by atoms with Gasteiger partial charge in [-0.15, -0.1) is 0 Å². The third kappa shape index (κ3) is 3.72. The van der Waals surface area contributed by atoms with Crippen LogP contribution in [-0.2, 0) is 20.9 Å². The van der Waals surface area contributed by atoms with Gasteiger partial charge in [0.25, 0.3) is 5.91 Å². The van der Waals surface area contributed by atoms with Crippen molar-refractivity contribution in [3.63, 3.8) is 0 Å². The van der Waals surface area contributed by atoms with Gasteiger partial charge in [0.2, 0.25) is 0 Å².